The molecule has 0 bridgehead atoms. The summed E-state index contributed by atoms with van der Waals surface area (Å²) in [7, 11) is 0. The largest absolute Gasteiger partial charge is 1.00 e. The molecule has 0 aliphatic heterocycles. The van der Waals surface area contributed by atoms with Crippen molar-refractivity contribution >= 4 is 11.4 Å². The molecule has 0 amide bonds. The van der Waals surface area contributed by atoms with Gasteiger partial charge >= 0.3 is 51.4 Å². The Morgan fingerprint density at radius 2 is 1.25 bits per heavy atom. The van der Waals surface area contributed by atoms with Gasteiger partial charge in [-0.15, -0.1) is 11.4 Å². The van der Waals surface area contributed by atoms with E-state index < -0.39 is 11.4 Å². The van der Waals surface area contributed by atoms with E-state index in [1.54, 1.807) is 0 Å². The summed E-state index contributed by atoms with van der Waals surface area (Å²) in [4.78, 5) is 0. The van der Waals surface area contributed by atoms with Crippen LogP contribution in [-0.2, 0) is 11.4 Å². The normalized spacial score (nSPS) is 13.4. The van der Waals surface area contributed by atoms with Crippen LogP contribution < -0.4 is 51.4 Å². The van der Waals surface area contributed by atoms with Crippen molar-refractivity contribution in [3.8, 4) is 0 Å². The number of rotatable bonds is 0. The first-order chi connectivity index (χ1) is 3.23. The summed E-state index contributed by atoms with van der Waals surface area (Å²) in [6.45, 7) is 0. The van der Waals surface area contributed by atoms with Gasteiger partial charge in [-0.2, -0.15) is 0 Å². The van der Waals surface area contributed by atoms with E-state index >= 15 is 0 Å². The Morgan fingerprint density at radius 1 is 1.12 bits per heavy atom. The zero-order valence-corrected chi connectivity index (χ0v) is 8.69. The van der Waals surface area contributed by atoms with E-state index in [1.165, 1.54) is 19.3 Å². The predicted octanol–water partition coefficient (Wildman–Crippen LogP) is -2.83. The molecule has 0 aromatic carbocycles. The molecule has 0 aromatic heterocycles. The van der Waals surface area contributed by atoms with E-state index in [0.29, 0.717) is 0 Å². The van der Waals surface area contributed by atoms with E-state index in [9.17, 15) is 0 Å². The number of hydrogen-bond donors (Lipinski definition) is 0. The van der Waals surface area contributed by atoms with Crippen molar-refractivity contribution in [1.82, 2.24) is 0 Å². The molecule has 1 saturated carbocycles. The minimum absolute atomic E-state index is 0. The fourth-order valence-electron chi connectivity index (χ4n) is 0. The number of hydrogen-bond acceptors (Lipinski definition) is 3. The van der Waals surface area contributed by atoms with Crippen molar-refractivity contribution in [3.05, 3.63) is 0 Å². The van der Waals surface area contributed by atoms with E-state index in [4.69, 9.17) is 13.3 Å². The molecular weight excluding hydrogens is 155 g/mol. The molecular formula is C3H6KO3S-. The van der Waals surface area contributed by atoms with Crippen molar-refractivity contribution in [1.29, 1.82) is 0 Å². The molecule has 5 heteroatoms. The molecule has 0 N–H and O–H groups in total. The Labute approximate surface area is 93.8 Å². The third-order valence-electron chi connectivity index (χ3n) is 0.354. The van der Waals surface area contributed by atoms with Gasteiger partial charge < -0.3 is 9.11 Å². The summed E-state index contributed by atoms with van der Waals surface area (Å²) >= 11 is -3.11. The van der Waals surface area contributed by atoms with E-state index in [1.807, 2.05) is 0 Å². The Hall–Kier alpha value is 1.71. The fourth-order valence-corrected chi connectivity index (χ4v) is 0. The standard InChI is InChI=1S/C3H6.K.H2O3S/c1-2-3-1;;1-4(2)3/h1-3H2;;(H2,1,2,3)/q;+1;/p-2. The van der Waals surface area contributed by atoms with Crippen molar-refractivity contribution in [2.24, 2.45) is 0 Å². The molecule has 0 atom stereocenters. The third kappa shape index (κ3) is 47.3. The monoisotopic (exact) mass is 161 g/mol. The molecule has 0 unspecified atom stereocenters. The molecule has 0 radical (unpaired) electrons. The topological polar surface area (TPSA) is 63.2 Å². The quantitative estimate of drug-likeness (QED) is 0.284. The van der Waals surface area contributed by atoms with Gasteiger partial charge in [0.15, 0.2) is 0 Å². The SMILES string of the molecule is C1CC1.O=S([O-])[O-].[K+]. The maximum atomic E-state index is 8.44. The molecule has 3 nitrogen and oxygen atoms in total. The molecule has 44 valence electrons. The Kier molecular flexibility index (Phi) is 13.5. The van der Waals surface area contributed by atoms with Crippen LogP contribution >= 0.6 is 0 Å². The summed E-state index contributed by atoms with van der Waals surface area (Å²) in [6.07, 6.45) is 4.50. The van der Waals surface area contributed by atoms with Gasteiger partial charge in [0.2, 0.25) is 0 Å². The summed E-state index contributed by atoms with van der Waals surface area (Å²) in [5.74, 6) is 0. The average Bonchev–Trinajstić information content (AvgIpc) is 2.02. The average molecular weight is 161 g/mol. The Balaban J connectivity index is 0. The predicted molar refractivity (Wildman–Crippen MR) is 23.5 cm³/mol. The van der Waals surface area contributed by atoms with Crippen molar-refractivity contribution < 1.29 is 64.7 Å². The zero-order valence-electron chi connectivity index (χ0n) is 4.75. The van der Waals surface area contributed by atoms with E-state index in [0.717, 1.165) is 0 Å². The zero-order chi connectivity index (χ0) is 5.70. The van der Waals surface area contributed by atoms with E-state index in [-0.39, 0.29) is 51.4 Å². The molecule has 0 saturated heterocycles. The third-order valence-corrected chi connectivity index (χ3v) is 0.354. The second kappa shape index (κ2) is 8.71. The van der Waals surface area contributed by atoms with Crippen LogP contribution in [-0.4, -0.2) is 13.3 Å². The molecule has 0 heterocycles. The molecule has 1 aliphatic rings. The van der Waals surface area contributed by atoms with Gasteiger partial charge in [-0.1, -0.05) is 19.3 Å². The molecule has 1 aliphatic carbocycles. The maximum absolute atomic E-state index is 8.44. The summed E-state index contributed by atoms with van der Waals surface area (Å²) in [6, 6.07) is 0. The summed E-state index contributed by atoms with van der Waals surface area (Å²) in [5, 5.41) is 0. The van der Waals surface area contributed by atoms with Gasteiger partial charge in [-0.3, -0.25) is 4.21 Å². The smallest absolute Gasteiger partial charge is 0.784 e. The van der Waals surface area contributed by atoms with Crippen molar-refractivity contribution in [2.45, 2.75) is 19.3 Å². The summed E-state index contributed by atoms with van der Waals surface area (Å²) in [5.41, 5.74) is 0. The van der Waals surface area contributed by atoms with Crippen LogP contribution in [0.2, 0.25) is 0 Å². The first kappa shape index (κ1) is 12.4. The van der Waals surface area contributed by atoms with Crippen LogP contribution in [0, 0.1) is 0 Å². The maximum Gasteiger partial charge on any atom is 1.00 e. The van der Waals surface area contributed by atoms with Crippen LogP contribution in [0.3, 0.4) is 0 Å². The Bertz CT molecular complexity index is 58.8. The second-order valence-electron chi connectivity index (χ2n) is 1.26. The molecule has 1 rings (SSSR count). The van der Waals surface area contributed by atoms with Gasteiger partial charge in [-0.05, 0) is 0 Å². The fraction of sp³-hybridized carbons (Fsp3) is 1.00. The Morgan fingerprint density at radius 3 is 1.25 bits per heavy atom. The minimum Gasteiger partial charge on any atom is -0.784 e. The molecule has 1 fully saturated rings. The van der Waals surface area contributed by atoms with Gasteiger partial charge in [-0.25, -0.2) is 0 Å². The van der Waals surface area contributed by atoms with Gasteiger partial charge in [0.1, 0.15) is 0 Å². The molecule has 8 heavy (non-hydrogen) atoms. The first-order valence-corrected chi connectivity index (χ1v) is 3.00. The minimum atomic E-state index is -3.11. The second-order valence-corrected chi connectivity index (χ2v) is 1.67. The van der Waals surface area contributed by atoms with Gasteiger partial charge in [0.25, 0.3) is 0 Å². The van der Waals surface area contributed by atoms with Gasteiger partial charge in [0.05, 0.1) is 0 Å². The first-order valence-electron chi connectivity index (χ1n) is 2.00. The van der Waals surface area contributed by atoms with Crippen molar-refractivity contribution in [3.63, 3.8) is 0 Å². The summed E-state index contributed by atoms with van der Waals surface area (Å²) < 4.78 is 25.3. The van der Waals surface area contributed by atoms with E-state index in [2.05, 4.69) is 0 Å². The molecule has 0 aromatic rings. The van der Waals surface area contributed by atoms with Crippen LogP contribution in [0.15, 0.2) is 0 Å². The van der Waals surface area contributed by atoms with Crippen LogP contribution in [0.25, 0.3) is 0 Å². The van der Waals surface area contributed by atoms with Crippen LogP contribution in [0.1, 0.15) is 19.3 Å². The van der Waals surface area contributed by atoms with Crippen LogP contribution in [0.5, 0.6) is 0 Å². The van der Waals surface area contributed by atoms with Crippen molar-refractivity contribution in [2.75, 3.05) is 0 Å². The van der Waals surface area contributed by atoms with Crippen LogP contribution in [0.4, 0.5) is 0 Å². The van der Waals surface area contributed by atoms with Gasteiger partial charge in [0, 0.05) is 0 Å². The molecule has 0 spiro atoms.